The van der Waals surface area contributed by atoms with E-state index in [2.05, 4.69) is 13.8 Å². The Hall–Kier alpha value is -1.09. The van der Waals surface area contributed by atoms with Gasteiger partial charge in [-0.25, -0.2) is 4.39 Å². The van der Waals surface area contributed by atoms with Crippen LogP contribution in [0.3, 0.4) is 0 Å². The number of methoxy groups -OCH3 is 1. The van der Waals surface area contributed by atoms with Crippen LogP contribution in [0.15, 0.2) is 18.2 Å². The number of rotatable bonds is 3. The van der Waals surface area contributed by atoms with Crippen LogP contribution in [0.1, 0.15) is 44.6 Å². The molecule has 3 atom stereocenters. The lowest BCUT2D eigenvalue weighted by Crippen LogP contribution is -2.36. The number of hydrogen-bond donors (Lipinski definition) is 1. The normalized spacial score (nSPS) is 27.6. The van der Waals surface area contributed by atoms with Gasteiger partial charge in [0.1, 0.15) is 11.6 Å². The minimum absolute atomic E-state index is 0.102. The van der Waals surface area contributed by atoms with Crippen molar-refractivity contribution in [2.75, 3.05) is 7.11 Å². The molecular weight excluding hydrogens is 241 g/mol. The third-order valence-corrected chi connectivity index (χ3v) is 4.48. The standard InChI is InChI=1S/C16H24FNO/c1-10(2)11-4-6-15(18)13(8-11)14-9-12(17)5-7-16(14)19-3/h5,7,9-11,13,15H,4,6,8,18H2,1-3H3. The fourth-order valence-corrected chi connectivity index (χ4v) is 3.18. The van der Waals surface area contributed by atoms with Crippen LogP contribution in [-0.4, -0.2) is 13.2 Å². The van der Waals surface area contributed by atoms with Crippen molar-refractivity contribution in [2.45, 2.75) is 45.1 Å². The first kappa shape index (κ1) is 14.3. The Labute approximate surface area is 115 Å². The molecule has 1 saturated carbocycles. The van der Waals surface area contributed by atoms with Crippen LogP contribution in [0.25, 0.3) is 0 Å². The lowest BCUT2D eigenvalue weighted by Gasteiger charge is -2.36. The molecular formula is C16H24FNO. The molecule has 0 radical (unpaired) electrons. The minimum Gasteiger partial charge on any atom is -0.496 e. The minimum atomic E-state index is -0.213. The third-order valence-electron chi connectivity index (χ3n) is 4.48. The maximum Gasteiger partial charge on any atom is 0.123 e. The number of halogens is 1. The van der Waals surface area contributed by atoms with Gasteiger partial charge in [-0.2, -0.15) is 0 Å². The van der Waals surface area contributed by atoms with Crippen molar-refractivity contribution in [1.29, 1.82) is 0 Å². The fourth-order valence-electron chi connectivity index (χ4n) is 3.18. The Morgan fingerprint density at radius 1 is 1.32 bits per heavy atom. The maximum atomic E-state index is 13.5. The summed E-state index contributed by atoms with van der Waals surface area (Å²) in [5.74, 6) is 2.06. The first-order valence-corrected chi connectivity index (χ1v) is 7.12. The molecule has 2 N–H and O–H groups in total. The van der Waals surface area contributed by atoms with E-state index < -0.39 is 0 Å². The smallest absolute Gasteiger partial charge is 0.123 e. The lowest BCUT2D eigenvalue weighted by molar-refractivity contribution is 0.229. The van der Waals surface area contributed by atoms with Gasteiger partial charge in [0.05, 0.1) is 7.11 Å². The Balaban J connectivity index is 2.30. The topological polar surface area (TPSA) is 35.2 Å². The molecule has 1 aromatic carbocycles. The van der Waals surface area contributed by atoms with E-state index in [9.17, 15) is 4.39 Å². The van der Waals surface area contributed by atoms with Gasteiger partial charge < -0.3 is 10.5 Å². The van der Waals surface area contributed by atoms with E-state index in [0.29, 0.717) is 11.8 Å². The molecule has 3 unspecified atom stereocenters. The highest BCUT2D eigenvalue weighted by Gasteiger charge is 2.32. The Morgan fingerprint density at radius 3 is 2.68 bits per heavy atom. The van der Waals surface area contributed by atoms with E-state index in [1.165, 1.54) is 12.5 Å². The maximum absolute atomic E-state index is 13.5. The van der Waals surface area contributed by atoms with E-state index in [-0.39, 0.29) is 17.8 Å². The van der Waals surface area contributed by atoms with Crippen molar-refractivity contribution in [3.05, 3.63) is 29.6 Å². The third kappa shape index (κ3) is 3.08. The monoisotopic (exact) mass is 265 g/mol. The summed E-state index contributed by atoms with van der Waals surface area (Å²) in [6.45, 7) is 4.50. The Bertz CT molecular complexity index is 433. The molecule has 0 aromatic heterocycles. The molecule has 0 heterocycles. The van der Waals surface area contributed by atoms with Crippen LogP contribution >= 0.6 is 0 Å². The van der Waals surface area contributed by atoms with Gasteiger partial charge in [0, 0.05) is 17.5 Å². The van der Waals surface area contributed by atoms with Gasteiger partial charge >= 0.3 is 0 Å². The van der Waals surface area contributed by atoms with Gasteiger partial charge in [0.15, 0.2) is 0 Å². The van der Waals surface area contributed by atoms with Crippen LogP contribution in [0, 0.1) is 17.7 Å². The molecule has 2 rings (SSSR count). The van der Waals surface area contributed by atoms with Gasteiger partial charge in [-0.05, 0) is 49.3 Å². The SMILES string of the molecule is COc1ccc(F)cc1C1CC(C(C)C)CCC1N. The molecule has 3 heteroatoms. The molecule has 2 nitrogen and oxygen atoms in total. The van der Waals surface area contributed by atoms with Crippen LogP contribution < -0.4 is 10.5 Å². The summed E-state index contributed by atoms with van der Waals surface area (Å²) >= 11 is 0. The largest absolute Gasteiger partial charge is 0.496 e. The number of hydrogen-bond acceptors (Lipinski definition) is 2. The zero-order valence-corrected chi connectivity index (χ0v) is 12.0. The van der Waals surface area contributed by atoms with E-state index in [4.69, 9.17) is 10.5 Å². The zero-order chi connectivity index (χ0) is 14.0. The summed E-state index contributed by atoms with van der Waals surface area (Å²) in [5, 5.41) is 0. The Kier molecular flexibility index (Phi) is 4.46. The molecule has 0 bridgehead atoms. The van der Waals surface area contributed by atoms with E-state index in [0.717, 1.165) is 24.2 Å². The van der Waals surface area contributed by atoms with Gasteiger partial charge in [-0.3, -0.25) is 0 Å². The van der Waals surface area contributed by atoms with Crippen LogP contribution in [-0.2, 0) is 0 Å². The van der Waals surface area contributed by atoms with Crippen molar-refractivity contribution < 1.29 is 9.13 Å². The molecule has 1 aliphatic carbocycles. The summed E-state index contributed by atoms with van der Waals surface area (Å²) in [6.07, 6.45) is 3.21. The van der Waals surface area contributed by atoms with Crippen molar-refractivity contribution in [2.24, 2.45) is 17.6 Å². The van der Waals surface area contributed by atoms with Crippen molar-refractivity contribution in [3.8, 4) is 5.75 Å². The number of ether oxygens (including phenoxy) is 1. The molecule has 1 fully saturated rings. The molecule has 19 heavy (non-hydrogen) atoms. The highest BCUT2D eigenvalue weighted by molar-refractivity contribution is 5.38. The van der Waals surface area contributed by atoms with Crippen LogP contribution in [0.5, 0.6) is 5.75 Å². The summed E-state index contributed by atoms with van der Waals surface area (Å²) in [6, 6.07) is 4.84. The second-order valence-corrected chi connectivity index (χ2v) is 5.97. The van der Waals surface area contributed by atoms with Crippen LogP contribution in [0.4, 0.5) is 4.39 Å². The quantitative estimate of drug-likeness (QED) is 0.904. The number of nitrogens with two attached hydrogens (primary N) is 1. The fraction of sp³-hybridized carbons (Fsp3) is 0.625. The first-order valence-electron chi connectivity index (χ1n) is 7.12. The van der Waals surface area contributed by atoms with Gasteiger partial charge in [-0.1, -0.05) is 13.8 Å². The predicted molar refractivity (Wildman–Crippen MR) is 75.8 cm³/mol. The second-order valence-electron chi connectivity index (χ2n) is 5.97. The average Bonchev–Trinajstić information content (AvgIpc) is 2.39. The first-order chi connectivity index (χ1) is 9.02. The highest BCUT2D eigenvalue weighted by Crippen LogP contribution is 2.41. The molecule has 106 valence electrons. The van der Waals surface area contributed by atoms with Gasteiger partial charge in [-0.15, -0.1) is 0 Å². The zero-order valence-electron chi connectivity index (χ0n) is 12.0. The van der Waals surface area contributed by atoms with Crippen molar-refractivity contribution >= 4 is 0 Å². The molecule has 0 spiro atoms. The van der Waals surface area contributed by atoms with Crippen molar-refractivity contribution in [3.63, 3.8) is 0 Å². The van der Waals surface area contributed by atoms with Crippen molar-refractivity contribution in [1.82, 2.24) is 0 Å². The average molecular weight is 265 g/mol. The summed E-state index contributed by atoms with van der Waals surface area (Å²) in [4.78, 5) is 0. The van der Waals surface area contributed by atoms with E-state index in [1.807, 2.05) is 0 Å². The summed E-state index contributed by atoms with van der Waals surface area (Å²) < 4.78 is 18.9. The van der Waals surface area contributed by atoms with Gasteiger partial charge in [0.25, 0.3) is 0 Å². The molecule has 0 aliphatic heterocycles. The molecule has 0 saturated heterocycles. The highest BCUT2D eigenvalue weighted by atomic mass is 19.1. The van der Waals surface area contributed by atoms with E-state index >= 15 is 0 Å². The second kappa shape index (κ2) is 5.91. The molecule has 0 amide bonds. The molecule has 1 aliphatic rings. The van der Waals surface area contributed by atoms with Gasteiger partial charge in [0.2, 0.25) is 0 Å². The van der Waals surface area contributed by atoms with E-state index in [1.54, 1.807) is 19.2 Å². The molecule has 1 aromatic rings. The number of benzene rings is 1. The van der Waals surface area contributed by atoms with Crippen LogP contribution in [0.2, 0.25) is 0 Å². The lowest BCUT2D eigenvalue weighted by atomic mass is 9.71. The predicted octanol–water partition coefficient (Wildman–Crippen LogP) is 3.70. The summed E-state index contributed by atoms with van der Waals surface area (Å²) in [7, 11) is 1.63. The Morgan fingerprint density at radius 2 is 2.05 bits per heavy atom. The summed E-state index contributed by atoms with van der Waals surface area (Å²) in [5.41, 5.74) is 7.20.